The Kier molecular flexibility index (Phi) is 2.26. The quantitative estimate of drug-likeness (QED) is 0.516. The Hall–Kier alpha value is -1.61. The predicted molar refractivity (Wildman–Crippen MR) is 42.2 cm³/mol. The largest absolute Gasteiger partial charge is 0.486 e. The SMILES string of the molecule is COc1sc([N+](=O)[O-])cc1C#N. The minimum absolute atomic E-state index is 0.0802. The van der Waals surface area contributed by atoms with E-state index in [0.29, 0.717) is 0 Å². The molecule has 0 aliphatic carbocycles. The molecule has 5 nitrogen and oxygen atoms in total. The van der Waals surface area contributed by atoms with Crippen LogP contribution in [-0.4, -0.2) is 12.0 Å². The van der Waals surface area contributed by atoms with Gasteiger partial charge in [0.2, 0.25) is 0 Å². The molecule has 62 valence electrons. The summed E-state index contributed by atoms with van der Waals surface area (Å²) in [7, 11) is 1.37. The highest BCUT2D eigenvalue weighted by Crippen LogP contribution is 2.34. The standard InChI is InChI=1S/C6H4N2O3S/c1-11-6-4(3-7)2-5(12-6)8(9)10/h2H,1H3. The van der Waals surface area contributed by atoms with Crippen molar-refractivity contribution < 1.29 is 9.66 Å². The van der Waals surface area contributed by atoms with Gasteiger partial charge in [0.25, 0.3) is 0 Å². The summed E-state index contributed by atoms with van der Waals surface area (Å²) in [6.45, 7) is 0. The lowest BCUT2D eigenvalue weighted by atomic mass is 10.4. The van der Waals surface area contributed by atoms with Gasteiger partial charge in [-0.2, -0.15) is 5.26 Å². The third-order valence-corrected chi connectivity index (χ3v) is 2.22. The maximum atomic E-state index is 10.2. The van der Waals surface area contributed by atoms with Gasteiger partial charge in [0.05, 0.1) is 12.0 Å². The molecule has 1 aromatic rings. The zero-order chi connectivity index (χ0) is 9.14. The van der Waals surface area contributed by atoms with Crippen LogP contribution in [0.15, 0.2) is 6.07 Å². The number of ether oxygens (including phenoxy) is 1. The van der Waals surface area contributed by atoms with Crippen molar-refractivity contribution >= 4 is 16.3 Å². The summed E-state index contributed by atoms with van der Waals surface area (Å²) < 4.78 is 4.76. The first-order valence-corrected chi connectivity index (χ1v) is 3.73. The summed E-state index contributed by atoms with van der Waals surface area (Å²) in [4.78, 5) is 9.70. The molecule has 0 saturated heterocycles. The van der Waals surface area contributed by atoms with E-state index in [0.717, 1.165) is 11.3 Å². The van der Waals surface area contributed by atoms with Gasteiger partial charge < -0.3 is 4.74 Å². The molecular weight excluding hydrogens is 180 g/mol. The average Bonchev–Trinajstić information content (AvgIpc) is 2.46. The third kappa shape index (κ3) is 1.35. The van der Waals surface area contributed by atoms with Crippen molar-refractivity contribution in [2.45, 2.75) is 0 Å². The van der Waals surface area contributed by atoms with Gasteiger partial charge in [-0.1, -0.05) is 0 Å². The van der Waals surface area contributed by atoms with Crippen molar-refractivity contribution in [1.29, 1.82) is 5.26 Å². The van der Waals surface area contributed by atoms with Crippen LogP contribution >= 0.6 is 11.3 Å². The normalized spacial score (nSPS) is 9.00. The maximum Gasteiger partial charge on any atom is 0.328 e. The number of hydrogen-bond donors (Lipinski definition) is 0. The van der Waals surface area contributed by atoms with Crippen LogP contribution in [-0.2, 0) is 0 Å². The Morgan fingerprint density at radius 2 is 2.50 bits per heavy atom. The first-order chi connectivity index (χ1) is 5.69. The van der Waals surface area contributed by atoms with Gasteiger partial charge in [-0.05, 0) is 11.3 Å². The summed E-state index contributed by atoms with van der Waals surface area (Å²) >= 11 is 0.848. The van der Waals surface area contributed by atoms with Crippen molar-refractivity contribution in [3.63, 3.8) is 0 Å². The summed E-state index contributed by atoms with van der Waals surface area (Å²) in [5, 5.41) is 18.9. The van der Waals surface area contributed by atoms with Crippen LogP contribution in [0.2, 0.25) is 0 Å². The second kappa shape index (κ2) is 3.19. The summed E-state index contributed by atoms with van der Waals surface area (Å²) in [5.41, 5.74) is 0.203. The molecule has 0 bridgehead atoms. The second-order valence-corrected chi connectivity index (χ2v) is 2.85. The lowest BCUT2D eigenvalue weighted by Gasteiger charge is -1.89. The number of nitro groups is 1. The molecule has 0 aromatic carbocycles. The van der Waals surface area contributed by atoms with Gasteiger partial charge in [0.15, 0.2) is 5.06 Å². The number of methoxy groups -OCH3 is 1. The van der Waals surface area contributed by atoms with Gasteiger partial charge in [0.1, 0.15) is 11.6 Å². The van der Waals surface area contributed by atoms with Crippen molar-refractivity contribution in [2.24, 2.45) is 0 Å². The number of hydrogen-bond acceptors (Lipinski definition) is 5. The number of rotatable bonds is 2. The lowest BCUT2D eigenvalue weighted by Crippen LogP contribution is -1.80. The zero-order valence-electron chi connectivity index (χ0n) is 6.10. The van der Waals surface area contributed by atoms with Gasteiger partial charge in [0, 0.05) is 6.07 Å². The molecule has 0 N–H and O–H groups in total. The van der Waals surface area contributed by atoms with E-state index in [1.165, 1.54) is 13.2 Å². The fourth-order valence-electron chi connectivity index (χ4n) is 0.681. The molecule has 0 aliphatic rings. The topological polar surface area (TPSA) is 76.2 Å². The van der Waals surface area contributed by atoms with Crippen molar-refractivity contribution in [2.75, 3.05) is 7.11 Å². The highest BCUT2D eigenvalue weighted by atomic mass is 32.1. The number of nitriles is 1. The molecule has 0 unspecified atom stereocenters. The Balaban J connectivity index is 3.16. The third-order valence-electron chi connectivity index (χ3n) is 1.17. The predicted octanol–water partition coefficient (Wildman–Crippen LogP) is 1.54. The average molecular weight is 184 g/mol. The first kappa shape index (κ1) is 8.49. The second-order valence-electron chi connectivity index (χ2n) is 1.86. The fraction of sp³-hybridized carbons (Fsp3) is 0.167. The molecule has 0 atom stereocenters. The highest BCUT2D eigenvalue weighted by molar-refractivity contribution is 7.17. The van der Waals surface area contributed by atoms with E-state index in [4.69, 9.17) is 10.00 Å². The Morgan fingerprint density at radius 1 is 1.83 bits per heavy atom. The van der Waals surface area contributed by atoms with Crippen LogP contribution < -0.4 is 4.74 Å². The van der Waals surface area contributed by atoms with Gasteiger partial charge in [-0.15, -0.1) is 0 Å². The van der Waals surface area contributed by atoms with Crippen molar-refractivity contribution in [1.82, 2.24) is 0 Å². The minimum atomic E-state index is -0.548. The molecule has 0 amide bonds. The van der Waals surface area contributed by atoms with Crippen LogP contribution in [0, 0.1) is 21.4 Å². The molecule has 1 aromatic heterocycles. The van der Waals surface area contributed by atoms with E-state index < -0.39 is 4.92 Å². The van der Waals surface area contributed by atoms with E-state index in [9.17, 15) is 10.1 Å². The summed E-state index contributed by atoms with van der Waals surface area (Å²) in [6.07, 6.45) is 0. The van der Waals surface area contributed by atoms with Crippen LogP contribution in [0.4, 0.5) is 5.00 Å². The molecule has 12 heavy (non-hydrogen) atoms. The lowest BCUT2D eigenvalue weighted by molar-refractivity contribution is -0.380. The highest BCUT2D eigenvalue weighted by Gasteiger charge is 2.16. The minimum Gasteiger partial charge on any atom is -0.486 e. The number of thiophene rings is 1. The Bertz CT molecular complexity index is 352. The first-order valence-electron chi connectivity index (χ1n) is 2.91. The molecule has 0 aliphatic heterocycles. The van der Waals surface area contributed by atoms with Crippen LogP contribution in [0.3, 0.4) is 0 Å². The monoisotopic (exact) mass is 184 g/mol. The van der Waals surface area contributed by atoms with Crippen molar-refractivity contribution in [3.8, 4) is 11.1 Å². The zero-order valence-corrected chi connectivity index (χ0v) is 6.92. The van der Waals surface area contributed by atoms with E-state index in [2.05, 4.69) is 0 Å². The molecule has 6 heteroatoms. The molecule has 1 rings (SSSR count). The van der Waals surface area contributed by atoms with Gasteiger partial charge >= 0.3 is 5.00 Å². The number of nitrogens with zero attached hydrogens (tertiary/aromatic N) is 2. The van der Waals surface area contributed by atoms with Gasteiger partial charge in [-0.3, -0.25) is 10.1 Å². The van der Waals surface area contributed by atoms with Crippen LogP contribution in [0.25, 0.3) is 0 Å². The fourth-order valence-corrected chi connectivity index (χ4v) is 1.42. The summed E-state index contributed by atoms with van der Waals surface area (Å²) in [6, 6.07) is 3.00. The van der Waals surface area contributed by atoms with Crippen LogP contribution in [0.1, 0.15) is 5.56 Å². The van der Waals surface area contributed by atoms with Crippen molar-refractivity contribution in [3.05, 3.63) is 21.7 Å². The van der Waals surface area contributed by atoms with Gasteiger partial charge in [-0.25, -0.2) is 0 Å². The molecular formula is C6H4N2O3S. The maximum absolute atomic E-state index is 10.2. The van der Waals surface area contributed by atoms with E-state index >= 15 is 0 Å². The molecule has 0 saturated carbocycles. The molecule has 0 fully saturated rings. The smallest absolute Gasteiger partial charge is 0.328 e. The summed E-state index contributed by atoms with van der Waals surface area (Å²) in [5.74, 6) is 0. The molecule has 1 heterocycles. The van der Waals surface area contributed by atoms with E-state index in [1.54, 1.807) is 6.07 Å². The Labute approximate surface area is 72.0 Å². The van der Waals surface area contributed by atoms with E-state index in [-0.39, 0.29) is 15.6 Å². The molecule has 0 radical (unpaired) electrons. The van der Waals surface area contributed by atoms with E-state index in [1.807, 2.05) is 0 Å². The van der Waals surface area contributed by atoms with Crippen LogP contribution in [0.5, 0.6) is 5.06 Å². The Morgan fingerprint density at radius 3 is 2.83 bits per heavy atom. The molecule has 0 spiro atoms.